The Morgan fingerprint density at radius 3 is 2.81 bits per heavy atom. The van der Waals surface area contributed by atoms with Crippen molar-refractivity contribution in [3.63, 3.8) is 0 Å². The largest absolute Gasteiger partial charge is 0.443 e. The van der Waals surface area contributed by atoms with Crippen LogP contribution in [0.3, 0.4) is 0 Å². The van der Waals surface area contributed by atoms with Crippen LogP contribution in [0.15, 0.2) is 16.9 Å². The fourth-order valence-corrected chi connectivity index (χ4v) is 1.83. The van der Waals surface area contributed by atoms with Crippen LogP contribution >= 0.6 is 11.6 Å². The number of oxazole rings is 1. The Kier molecular flexibility index (Phi) is 2.98. The summed E-state index contributed by atoms with van der Waals surface area (Å²) in [6.45, 7) is 0.688. The van der Waals surface area contributed by atoms with E-state index in [-0.39, 0.29) is 0 Å². The molecule has 0 N–H and O–H groups in total. The van der Waals surface area contributed by atoms with E-state index in [0.29, 0.717) is 23.2 Å². The van der Waals surface area contributed by atoms with Crippen molar-refractivity contribution in [2.45, 2.75) is 6.54 Å². The van der Waals surface area contributed by atoms with E-state index >= 15 is 0 Å². The van der Waals surface area contributed by atoms with Gasteiger partial charge >= 0.3 is 0 Å². The van der Waals surface area contributed by atoms with E-state index in [0.717, 1.165) is 5.69 Å². The van der Waals surface area contributed by atoms with Gasteiger partial charge in [-0.3, -0.25) is 4.68 Å². The van der Waals surface area contributed by atoms with E-state index in [9.17, 15) is 0 Å². The summed E-state index contributed by atoms with van der Waals surface area (Å²) in [4.78, 5) is 6.08. The number of rotatable bonds is 3. The molecular formula is C10H13ClN4O. The van der Waals surface area contributed by atoms with Crippen LogP contribution in [0.5, 0.6) is 0 Å². The highest BCUT2D eigenvalue weighted by Gasteiger charge is 2.19. The lowest BCUT2D eigenvalue weighted by Crippen LogP contribution is -2.11. The van der Waals surface area contributed by atoms with Gasteiger partial charge in [0.05, 0.1) is 16.9 Å². The van der Waals surface area contributed by atoms with Gasteiger partial charge in [-0.25, -0.2) is 4.98 Å². The Morgan fingerprint density at radius 1 is 1.50 bits per heavy atom. The lowest BCUT2D eigenvalue weighted by atomic mass is 10.3. The van der Waals surface area contributed by atoms with Crippen molar-refractivity contribution >= 4 is 11.6 Å². The molecule has 0 atom stereocenters. The first-order valence-electron chi connectivity index (χ1n) is 4.85. The van der Waals surface area contributed by atoms with E-state index in [1.807, 2.05) is 26.0 Å². The monoisotopic (exact) mass is 240 g/mol. The fraction of sp³-hybridized carbons (Fsp3) is 0.400. The molecule has 16 heavy (non-hydrogen) atoms. The molecule has 0 fully saturated rings. The molecule has 0 saturated carbocycles. The maximum atomic E-state index is 6.26. The summed E-state index contributed by atoms with van der Waals surface area (Å²) in [6, 6.07) is 0. The molecule has 6 heteroatoms. The maximum Gasteiger partial charge on any atom is 0.246 e. The second kappa shape index (κ2) is 4.27. The predicted octanol–water partition coefficient (Wildman–Crippen LogP) is 1.79. The molecule has 86 valence electrons. The van der Waals surface area contributed by atoms with Crippen LogP contribution in [0, 0.1) is 0 Å². The summed E-state index contributed by atoms with van der Waals surface area (Å²) in [6.07, 6.45) is 3.11. The molecule has 5 nitrogen and oxygen atoms in total. The van der Waals surface area contributed by atoms with Crippen molar-refractivity contribution in [1.82, 2.24) is 19.7 Å². The topological polar surface area (TPSA) is 47.1 Å². The van der Waals surface area contributed by atoms with Crippen LogP contribution in [0.25, 0.3) is 11.6 Å². The van der Waals surface area contributed by atoms with E-state index < -0.39 is 0 Å². The number of aryl methyl sites for hydroxylation is 1. The third kappa shape index (κ3) is 1.96. The molecule has 0 aliphatic heterocycles. The Bertz CT molecular complexity index is 475. The molecule has 0 aliphatic carbocycles. The second-order valence-electron chi connectivity index (χ2n) is 3.81. The molecule has 0 aromatic carbocycles. The molecule has 0 spiro atoms. The van der Waals surface area contributed by atoms with Crippen molar-refractivity contribution in [2.24, 2.45) is 7.05 Å². The first-order valence-corrected chi connectivity index (χ1v) is 5.23. The summed E-state index contributed by atoms with van der Waals surface area (Å²) >= 11 is 6.26. The van der Waals surface area contributed by atoms with Gasteiger partial charge < -0.3 is 9.32 Å². The van der Waals surface area contributed by atoms with Crippen molar-refractivity contribution in [3.8, 4) is 11.6 Å². The van der Waals surface area contributed by atoms with Gasteiger partial charge in [0.1, 0.15) is 12.0 Å². The molecule has 0 amide bonds. The average molecular weight is 241 g/mol. The fourth-order valence-electron chi connectivity index (χ4n) is 1.53. The van der Waals surface area contributed by atoms with E-state index in [4.69, 9.17) is 16.0 Å². The van der Waals surface area contributed by atoms with Crippen LogP contribution < -0.4 is 0 Å². The standard InChI is InChI=1S/C10H13ClN4O/c1-14(2)6-7-8(11)9(15(3)13-7)10-12-4-5-16-10/h4-5H,6H2,1-3H3. The number of hydrogen-bond acceptors (Lipinski definition) is 4. The smallest absolute Gasteiger partial charge is 0.246 e. The van der Waals surface area contributed by atoms with Gasteiger partial charge in [0.15, 0.2) is 0 Å². The van der Waals surface area contributed by atoms with E-state index in [1.165, 1.54) is 6.26 Å². The molecular weight excluding hydrogens is 228 g/mol. The zero-order valence-corrected chi connectivity index (χ0v) is 10.2. The van der Waals surface area contributed by atoms with Gasteiger partial charge in [0.2, 0.25) is 5.89 Å². The zero-order valence-electron chi connectivity index (χ0n) is 9.44. The molecule has 2 aromatic heterocycles. The molecule has 2 aromatic rings. The number of nitrogens with zero attached hydrogens (tertiary/aromatic N) is 4. The highest BCUT2D eigenvalue weighted by molar-refractivity contribution is 6.33. The van der Waals surface area contributed by atoms with Crippen LogP contribution in [0.4, 0.5) is 0 Å². The maximum absolute atomic E-state index is 6.26. The highest BCUT2D eigenvalue weighted by Crippen LogP contribution is 2.29. The molecule has 0 unspecified atom stereocenters. The van der Waals surface area contributed by atoms with Crippen molar-refractivity contribution in [2.75, 3.05) is 14.1 Å². The zero-order chi connectivity index (χ0) is 11.7. The second-order valence-corrected chi connectivity index (χ2v) is 4.19. The lowest BCUT2D eigenvalue weighted by molar-refractivity contribution is 0.395. The van der Waals surface area contributed by atoms with Crippen LogP contribution in [0.2, 0.25) is 5.02 Å². The Morgan fingerprint density at radius 2 is 2.25 bits per heavy atom. The molecule has 0 bridgehead atoms. The summed E-state index contributed by atoms with van der Waals surface area (Å²) in [5.41, 5.74) is 1.53. The van der Waals surface area contributed by atoms with E-state index in [2.05, 4.69) is 10.1 Å². The molecule has 2 rings (SSSR count). The van der Waals surface area contributed by atoms with Crippen molar-refractivity contribution in [3.05, 3.63) is 23.2 Å². The Hall–Kier alpha value is -1.33. The normalized spacial score (nSPS) is 11.3. The van der Waals surface area contributed by atoms with Gasteiger partial charge in [-0.05, 0) is 14.1 Å². The molecule has 0 saturated heterocycles. The first kappa shape index (κ1) is 11.2. The van der Waals surface area contributed by atoms with Crippen LogP contribution in [-0.2, 0) is 13.6 Å². The number of aromatic nitrogens is 3. The SMILES string of the molecule is CN(C)Cc1nn(C)c(-c2ncco2)c1Cl. The Labute approximate surface area is 98.6 Å². The number of halogens is 1. The van der Waals surface area contributed by atoms with Gasteiger partial charge in [-0.15, -0.1) is 0 Å². The minimum Gasteiger partial charge on any atom is -0.443 e. The number of hydrogen-bond donors (Lipinski definition) is 0. The lowest BCUT2D eigenvalue weighted by Gasteiger charge is -2.06. The minimum absolute atomic E-state index is 0.491. The summed E-state index contributed by atoms with van der Waals surface area (Å²) in [7, 11) is 5.76. The van der Waals surface area contributed by atoms with Gasteiger partial charge in [-0.2, -0.15) is 5.10 Å². The van der Waals surface area contributed by atoms with Gasteiger partial charge in [0.25, 0.3) is 0 Å². The van der Waals surface area contributed by atoms with Gasteiger partial charge in [0, 0.05) is 13.6 Å². The summed E-state index contributed by atoms with van der Waals surface area (Å²) in [5, 5.41) is 4.95. The van der Waals surface area contributed by atoms with Crippen molar-refractivity contribution in [1.29, 1.82) is 0 Å². The van der Waals surface area contributed by atoms with Crippen LogP contribution in [-0.4, -0.2) is 33.8 Å². The van der Waals surface area contributed by atoms with Crippen molar-refractivity contribution < 1.29 is 4.42 Å². The van der Waals surface area contributed by atoms with Crippen LogP contribution in [0.1, 0.15) is 5.69 Å². The average Bonchev–Trinajstić information content (AvgIpc) is 2.76. The first-order chi connectivity index (χ1) is 7.59. The third-order valence-electron chi connectivity index (χ3n) is 2.16. The third-order valence-corrected chi connectivity index (χ3v) is 2.55. The highest BCUT2D eigenvalue weighted by atomic mass is 35.5. The molecule has 0 aliphatic rings. The Balaban J connectivity index is 2.43. The van der Waals surface area contributed by atoms with E-state index in [1.54, 1.807) is 10.9 Å². The summed E-state index contributed by atoms with van der Waals surface area (Å²) < 4.78 is 6.92. The molecule has 0 radical (unpaired) electrons. The van der Waals surface area contributed by atoms with Gasteiger partial charge in [-0.1, -0.05) is 11.6 Å². The molecule has 2 heterocycles. The quantitative estimate of drug-likeness (QED) is 0.821. The minimum atomic E-state index is 0.491. The predicted molar refractivity (Wildman–Crippen MR) is 61.1 cm³/mol. The summed E-state index contributed by atoms with van der Waals surface area (Å²) in [5.74, 6) is 0.491.